The van der Waals surface area contributed by atoms with Crippen molar-refractivity contribution in [3.8, 4) is 0 Å². The van der Waals surface area contributed by atoms with Crippen molar-refractivity contribution in [2.24, 2.45) is 0 Å². The maximum atomic E-state index is 2.43. The molecule has 0 aliphatic carbocycles. The maximum absolute atomic E-state index is 2.43. The lowest BCUT2D eigenvalue weighted by atomic mass is 10.1. The van der Waals surface area contributed by atoms with Crippen molar-refractivity contribution in [3.05, 3.63) is 0 Å². The standard InChI is InChI=1S/C7H15N.C2H6/c1-7-5-3-4-6-8(7)2;1-2/h7H,3-6H2,1-2H3;1-2H3. The Morgan fingerprint density at radius 1 is 1.20 bits per heavy atom. The molecule has 1 unspecified atom stereocenters. The van der Waals surface area contributed by atoms with Crippen molar-refractivity contribution in [1.82, 2.24) is 4.90 Å². The summed E-state index contributed by atoms with van der Waals surface area (Å²) < 4.78 is 0. The molecule has 0 aromatic carbocycles. The van der Waals surface area contributed by atoms with Gasteiger partial charge in [-0.05, 0) is 33.4 Å². The van der Waals surface area contributed by atoms with Crippen LogP contribution in [0.15, 0.2) is 0 Å². The first-order chi connectivity index (χ1) is 4.80. The van der Waals surface area contributed by atoms with Crippen LogP contribution < -0.4 is 0 Å². The van der Waals surface area contributed by atoms with Crippen molar-refractivity contribution in [3.63, 3.8) is 0 Å². The zero-order valence-corrected chi connectivity index (χ0v) is 7.85. The lowest BCUT2D eigenvalue weighted by molar-refractivity contribution is 0.200. The molecule has 0 aromatic rings. The highest BCUT2D eigenvalue weighted by Crippen LogP contribution is 2.13. The molecule has 1 heterocycles. The highest BCUT2D eigenvalue weighted by molar-refractivity contribution is 4.68. The second-order valence-electron chi connectivity index (χ2n) is 2.83. The van der Waals surface area contributed by atoms with Crippen LogP contribution in [0.1, 0.15) is 40.0 Å². The molecule has 1 rings (SSSR count). The van der Waals surface area contributed by atoms with Gasteiger partial charge in [0.05, 0.1) is 0 Å². The lowest BCUT2D eigenvalue weighted by Crippen LogP contribution is -2.33. The number of piperidine rings is 1. The number of likely N-dealkylation sites (tertiary alicyclic amines) is 1. The summed E-state index contributed by atoms with van der Waals surface area (Å²) in [7, 11) is 2.21. The van der Waals surface area contributed by atoms with Crippen LogP contribution in [0.4, 0.5) is 0 Å². The molecular weight excluding hydrogens is 122 g/mol. The van der Waals surface area contributed by atoms with Gasteiger partial charge in [0.25, 0.3) is 0 Å². The summed E-state index contributed by atoms with van der Waals surface area (Å²) in [5.74, 6) is 0. The van der Waals surface area contributed by atoms with E-state index in [0.717, 1.165) is 6.04 Å². The molecule has 1 aliphatic heterocycles. The van der Waals surface area contributed by atoms with E-state index in [9.17, 15) is 0 Å². The van der Waals surface area contributed by atoms with E-state index in [2.05, 4.69) is 18.9 Å². The summed E-state index contributed by atoms with van der Waals surface area (Å²) >= 11 is 0. The molecule has 0 bridgehead atoms. The second-order valence-corrected chi connectivity index (χ2v) is 2.83. The summed E-state index contributed by atoms with van der Waals surface area (Å²) in [6.07, 6.45) is 4.24. The second kappa shape index (κ2) is 5.72. The lowest BCUT2D eigenvalue weighted by Gasteiger charge is -2.29. The SMILES string of the molecule is CC.CC1CCCCN1C. The molecule has 10 heavy (non-hydrogen) atoms. The minimum atomic E-state index is 0.837. The zero-order chi connectivity index (χ0) is 7.98. The van der Waals surface area contributed by atoms with Gasteiger partial charge in [-0.3, -0.25) is 0 Å². The van der Waals surface area contributed by atoms with Crippen LogP contribution in [0.3, 0.4) is 0 Å². The van der Waals surface area contributed by atoms with E-state index < -0.39 is 0 Å². The molecule has 0 N–H and O–H groups in total. The minimum Gasteiger partial charge on any atom is -0.304 e. The molecule has 1 saturated heterocycles. The molecule has 62 valence electrons. The van der Waals surface area contributed by atoms with Crippen LogP contribution in [0, 0.1) is 0 Å². The maximum Gasteiger partial charge on any atom is 0.00638 e. The average Bonchev–Trinajstić information content (AvgIpc) is 2.00. The number of hydrogen-bond acceptors (Lipinski definition) is 1. The highest BCUT2D eigenvalue weighted by Gasteiger charge is 2.12. The van der Waals surface area contributed by atoms with Crippen LogP contribution >= 0.6 is 0 Å². The van der Waals surface area contributed by atoms with Crippen molar-refractivity contribution in [1.29, 1.82) is 0 Å². The summed E-state index contributed by atoms with van der Waals surface area (Å²) in [6, 6.07) is 0.837. The highest BCUT2D eigenvalue weighted by atomic mass is 15.1. The van der Waals surface area contributed by atoms with E-state index in [1.54, 1.807) is 0 Å². The van der Waals surface area contributed by atoms with Crippen LogP contribution in [0.2, 0.25) is 0 Å². The van der Waals surface area contributed by atoms with Crippen LogP contribution in [0.25, 0.3) is 0 Å². The Kier molecular flexibility index (Phi) is 5.70. The number of hydrogen-bond donors (Lipinski definition) is 0. The van der Waals surface area contributed by atoms with Crippen molar-refractivity contribution < 1.29 is 0 Å². The first-order valence-corrected chi connectivity index (χ1v) is 4.51. The van der Waals surface area contributed by atoms with Gasteiger partial charge >= 0.3 is 0 Å². The smallest absolute Gasteiger partial charge is 0.00638 e. The molecule has 0 amide bonds. The Balaban J connectivity index is 0.000000371. The van der Waals surface area contributed by atoms with Gasteiger partial charge < -0.3 is 4.90 Å². The predicted octanol–water partition coefficient (Wildman–Crippen LogP) is 2.52. The number of rotatable bonds is 0. The molecule has 1 aliphatic rings. The summed E-state index contributed by atoms with van der Waals surface area (Å²) in [4.78, 5) is 2.43. The van der Waals surface area contributed by atoms with Gasteiger partial charge in [-0.25, -0.2) is 0 Å². The van der Waals surface area contributed by atoms with Gasteiger partial charge in [0.2, 0.25) is 0 Å². The zero-order valence-electron chi connectivity index (χ0n) is 7.85. The quantitative estimate of drug-likeness (QED) is 0.503. The van der Waals surface area contributed by atoms with Gasteiger partial charge in [0, 0.05) is 6.04 Å². The van der Waals surface area contributed by atoms with Crippen LogP contribution in [-0.4, -0.2) is 24.5 Å². The Morgan fingerprint density at radius 3 is 2.10 bits per heavy atom. The Morgan fingerprint density at radius 2 is 1.80 bits per heavy atom. The van der Waals surface area contributed by atoms with E-state index in [1.807, 2.05) is 13.8 Å². The molecule has 0 saturated carbocycles. The van der Waals surface area contributed by atoms with Gasteiger partial charge in [0.1, 0.15) is 0 Å². The molecule has 1 nitrogen and oxygen atoms in total. The van der Waals surface area contributed by atoms with E-state index in [0.29, 0.717) is 0 Å². The Labute approximate surface area is 65.4 Å². The first-order valence-electron chi connectivity index (χ1n) is 4.51. The van der Waals surface area contributed by atoms with E-state index >= 15 is 0 Å². The average molecular weight is 143 g/mol. The summed E-state index contributed by atoms with van der Waals surface area (Å²) in [5.41, 5.74) is 0. The summed E-state index contributed by atoms with van der Waals surface area (Å²) in [5, 5.41) is 0. The Bertz CT molecular complexity index is 61.1. The third-order valence-corrected chi connectivity index (χ3v) is 2.14. The fourth-order valence-corrected chi connectivity index (χ4v) is 1.24. The van der Waals surface area contributed by atoms with E-state index in [1.165, 1.54) is 25.8 Å². The van der Waals surface area contributed by atoms with Crippen molar-refractivity contribution in [2.45, 2.75) is 46.1 Å². The van der Waals surface area contributed by atoms with Gasteiger partial charge in [0.15, 0.2) is 0 Å². The van der Waals surface area contributed by atoms with Crippen molar-refractivity contribution >= 4 is 0 Å². The largest absolute Gasteiger partial charge is 0.304 e. The van der Waals surface area contributed by atoms with Crippen molar-refractivity contribution in [2.75, 3.05) is 13.6 Å². The predicted molar refractivity (Wildman–Crippen MR) is 47.3 cm³/mol. The van der Waals surface area contributed by atoms with E-state index in [-0.39, 0.29) is 0 Å². The number of nitrogens with zero attached hydrogens (tertiary/aromatic N) is 1. The molecule has 1 fully saturated rings. The van der Waals surface area contributed by atoms with Gasteiger partial charge in [-0.1, -0.05) is 20.3 Å². The molecule has 0 spiro atoms. The molecule has 0 radical (unpaired) electrons. The topological polar surface area (TPSA) is 3.24 Å². The fraction of sp³-hybridized carbons (Fsp3) is 1.00. The van der Waals surface area contributed by atoms with E-state index in [4.69, 9.17) is 0 Å². The first kappa shape index (κ1) is 9.96. The third kappa shape index (κ3) is 3.21. The minimum absolute atomic E-state index is 0.837. The fourth-order valence-electron chi connectivity index (χ4n) is 1.24. The monoisotopic (exact) mass is 143 g/mol. The van der Waals surface area contributed by atoms with Gasteiger partial charge in [-0.15, -0.1) is 0 Å². The third-order valence-electron chi connectivity index (χ3n) is 2.14. The van der Waals surface area contributed by atoms with Crippen LogP contribution in [0.5, 0.6) is 0 Å². The molecular formula is C9H21N. The molecule has 1 atom stereocenters. The van der Waals surface area contributed by atoms with Gasteiger partial charge in [-0.2, -0.15) is 0 Å². The Hall–Kier alpha value is -0.0400. The molecule has 0 aromatic heterocycles. The van der Waals surface area contributed by atoms with Crippen LogP contribution in [-0.2, 0) is 0 Å². The summed E-state index contributed by atoms with van der Waals surface area (Å²) in [6.45, 7) is 7.61. The normalized spacial score (nSPS) is 27.0. The molecule has 1 heteroatoms.